The van der Waals surface area contributed by atoms with Gasteiger partial charge in [0.15, 0.2) is 0 Å². The Balaban J connectivity index is 1.64. The van der Waals surface area contributed by atoms with Crippen LogP contribution in [0.15, 0.2) is 35.2 Å². The molecule has 0 spiro atoms. The zero-order chi connectivity index (χ0) is 14.3. The van der Waals surface area contributed by atoms with Crippen LogP contribution < -0.4 is 5.32 Å². The maximum atomic E-state index is 13.5. The standard InChI is InChI=1S/C14H13BrFN3O/c1-19-6-13(17-7-19)14(20)18-12-5-9(12)8-2-3-10(15)11(16)4-8/h2-4,6-7,9,12H,5H2,1H3,(H,18,20)/t9-,12+/m0/s1. The minimum atomic E-state index is -0.274. The second kappa shape index (κ2) is 5.01. The zero-order valence-electron chi connectivity index (χ0n) is 10.8. The van der Waals surface area contributed by atoms with Gasteiger partial charge < -0.3 is 9.88 Å². The Bertz CT molecular complexity index is 670. The van der Waals surface area contributed by atoms with Crippen LogP contribution >= 0.6 is 15.9 Å². The van der Waals surface area contributed by atoms with Crippen molar-refractivity contribution in [2.45, 2.75) is 18.4 Å². The monoisotopic (exact) mass is 337 g/mol. The van der Waals surface area contributed by atoms with E-state index in [0.29, 0.717) is 10.2 Å². The molecule has 1 saturated carbocycles. The molecule has 1 N–H and O–H groups in total. The lowest BCUT2D eigenvalue weighted by Crippen LogP contribution is -2.26. The molecule has 0 unspecified atom stereocenters. The molecule has 2 atom stereocenters. The molecule has 104 valence electrons. The lowest BCUT2D eigenvalue weighted by atomic mass is 10.1. The molecule has 1 amide bonds. The second-order valence-electron chi connectivity index (χ2n) is 5.02. The van der Waals surface area contributed by atoms with Gasteiger partial charge in [-0.3, -0.25) is 4.79 Å². The Hall–Kier alpha value is -1.69. The van der Waals surface area contributed by atoms with Gasteiger partial charge in [-0.15, -0.1) is 0 Å². The van der Waals surface area contributed by atoms with Gasteiger partial charge in [0.1, 0.15) is 11.5 Å². The first-order valence-corrected chi connectivity index (χ1v) is 7.07. The summed E-state index contributed by atoms with van der Waals surface area (Å²) in [5.74, 6) is -0.273. The maximum absolute atomic E-state index is 13.5. The van der Waals surface area contributed by atoms with Crippen molar-refractivity contribution in [3.8, 4) is 0 Å². The molecule has 1 aliphatic rings. The van der Waals surface area contributed by atoms with Crippen LogP contribution in [0, 0.1) is 5.82 Å². The van der Waals surface area contributed by atoms with E-state index in [-0.39, 0.29) is 23.7 Å². The van der Waals surface area contributed by atoms with Crippen LogP contribution in [0.5, 0.6) is 0 Å². The fraction of sp³-hybridized carbons (Fsp3) is 0.286. The lowest BCUT2D eigenvalue weighted by Gasteiger charge is -2.04. The third-order valence-electron chi connectivity index (χ3n) is 3.42. The smallest absolute Gasteiger partial charge is 0.271 e. The number of aryl methyl sites for hydroxylation is 1. The molecule has 1 heterocycles. The molecular formula is C14H13BrFN3O. The molecule has 6 heteroatoms. The highest BCUT2D eigenvalue weighted by Gasteiger charge is 2.40. The topological polar surface area (TPSA) is 46.9 Å². The maximum Gasteiger partial charge on any atom is 0.271 e. The van der Waals surface area contributed by atoms with Crippen LogP contribution in [0.2, 0.25) is 0 Å². The molecule has 0 bridgehead atoms. The Kier molecular flexibility index (Phi) is 3.33. The quantitative estimate of drug-likeness (QED) is 0.935. The second-order valence-corrected chi connectivity index (χ2v) is 5.87. The molecule has 1 aromatic heterocycles. The van der Waals surface area contributed by atoms with Crippen LogP contribution in [0.4, 0.5) is 4.39 Å². The minimum absolute atomic E-state index is 0.0603. The van der Waals surface area contributed by atoms with Gasteiger partial charge in [-0.1, -0.05) is 6.07 Å². The summed E-state index contributed by atoms with van der Waals surface area (Å²) in [6.45, 7) is 0. The molecule has 3 rings (SSSR count). The number of hydrogen-bond donors (Lipinski definition) is 1. The van der Waals surface area contributed by atoms with Crippen molar-refractivity contribution in [1.82, 2.24) is 14.9 Å². The third kappa shape index (κ3) is 2.60. The van der Waals surface area contributed by atoms with E-state index in [0.717, 1.165) is 12.0 Å². The molecule has 4 nitrogen and oxygen atoms in total. The van der Waals surface area contributed by atoms with Crippen LogP contribution in [0.3, 0.4) is 0 Å². The normalized spacial score (nSPS) is 20.8. The van der Waals surface area contributed by atoms with Crippen molar-refractivity contribution in [3.05, 3.63) is 52.3 Å². The van der Waals surface area contributed by atoms with Crippen LogP contribution in [0.1, 0.15) is 28.4 Å². The van der Waals surface area contributed by atoms with Gasteiger partial charge in [0.25, 0.3) is 5.91 Å². The van der Waals surface area contributed by atoms with Gasteiger partial charge in [0, 0.05) is 25.2 Å². The number of nitrogens with zero attached hydrogens (tertiary/aromatic N) is 2. The van der Waals surface area contributed by atoms with Crippen molar-refractivity contribution in [1.29, 1.82) is 0 Å². The first-order valence-electron chi connectivity index (χ1n) is 6.28. The Morgan fingerprint density at radius 3 is 3.00 bits per heavy atom. The van der Waals surface area contributed by atoms with Crippen LogP contribution in [-0.2, 0) is 7.05 Å². The Morgan fingerprint density at radius 2 is 2.35 bits per heavy atom. The van der Waals surface area contributed by atoms with Crippen molar-refractivity contribution < 1.29 is 9.18 Å². The van der Waals surface area contributed by atoms with Crippen LogP contribution in [-0.4, -0.2) is 21.5 Å². The van der Waals surface area contributed by atoms with Gasteiger partial charge in [0.2, 0.25) is 0 Å². The van der Waals surface area contributed by atoms with Crippen molar-refractivity contribution in [2.75, 3.05) is 0 Å². The van der Waals surface area contributed by atoms with Crippen molar-refractivity contribution in [3.63, 3.8) is 0 Å². The van der Waals surface area contributed by atoms with Gasteiger partial charge in [-0.25, -0.2) is 9.37 Å². The van der Waals surface area contributed by atoms with E-state index < -0.39 is 0 Å². The summed E-state index contributed by atoms with van der Waals surface area (Å²) in [5, 5.41) is 2.92. The summed E-state index contributed by atoms with van der Waals surface area (Å²) in [6.07, 6.45) is 4.09. The molecule has 20 heavy (non-hydrogen) atoms. The van der Waals surface area contributed by atoms with Gasteiger partial charge >= 0.3 is 0 Å². The summed E-state index contributed by atoms with van der Waals surface area (Å²) < 4.78 is 15.7. The van der Waals surface area contributed by atoms with E-state index in [1.807, 2.05) is 13.1 Å². The average Bonchev–Trinajstić information content (AvgIpc) is 3.03. The fourth-order valence-corrected chi connectivity index (χ4v) is 2.48. The highest BCUT2D eigenvalue weighted by Crippen LogP contribution is 2.41. The summed E-state index contributed by atoms with van der Waals surface area (Å²) in [6, 6.07) is 5.15. The zero-order valence-corrected chi connectivity index (χ0v) is 12.4. The summed E-state index contributed by atoms with van der Waals surface area (Å²) >= 11 is 3.13. The molecule has 0 saturated heterocycles. The van der Waals surface area contributed by atoms with Crippen molar-refractivity contribution in [2.24, 2.45) is 7.05 Å². The van der Waals surface area contributed by atoms with Gasteiger partial charge in [0.05, 0.1) is 10.8 Å². The lowest BCUT2D eigenvalue weighted by molar-refractivity contribution is 0.0945. The number of amides is 1. The largest absolute Gasteiger partial charge is 0.347 e. The summed E-state index contributed by atoms with van der Waals surface area (Å²) in [7, 11) is 1.81. The molecular weight excluding hydrogens is 325 g/mol. The molecule has 1 fully saturated rings. The molecule has 0 radical (unpaired) electrons. The Morgan fingerprint density at radius 1 is 1.55 bits per heavy atom. The number of aromatic nitrogens is 2. The first-order chi connectivity index (χ1) is 9.54. The highest BCUT2D eigenvalue weighted by atomic mass is 79.9. The van der Waals surface area contributed by atoms with Crippen molar-refractivity contribution >= 4 is 21.8 Å². The predicted molar refractivity (Wildman–Crippen MR) is 75.9 cm³/mol. The Labute approximate surface area is 124 Å². The fourth-order valence-electron chi connectivity index (χ4n) is 2.24. The molecule has 1 aromatic carbocycles. The SMILES string of the molecule is Cn1cnc(C(=O)N[C@@H]2C[C@H]2c2ccc(Br)c(F)c2)c1. The van der Waals surface area contributed by atoms with E-state index in [9.17, 15) is 9.18 Å². The number of rotatable bonds is 3. The first kappa shape index (κ1) is 13.3. The van der Waals surface area contributed by atoms with Crippen LogP contribution in [0.25, 0.3) is 0 Å². The number of carbonyl (C=O) groups excluding carboxylic acids is 1. The number of imidazole rings is 1. The number of carbonyl (C=O) groups is 1. The van der Waals surface area contributed by atoms with E-state index >= 15 is 0 Å². The number of hydrogen-bond acceptors (Lipinski definition) is 2. The molecule has 2 aromatic rings. The highest BCUT2D eigenvalue weighted by molar-refractivity contribution is 9.10. The minimum Gasteiger partial charge on any atom is -0.347 e. The molecule has 0 aliphatic heterocycles. The van der Waals surface area contributed by atoms with Gasteiger partial charge in [-0.2, -0.15) is 0 Å². The number of benzene rings is 1. The average molecular weight is 338 g/mol. The molecule has 1 aliphatic carbocycles. The van der Waals surface area contributed by atoms with E-state index in [2.05, 4.69) is 26.2 Å². The van der Waals surface area contributed by atoms with Gasteiger partial charge in [-0.05, 0) is 40.0 Å². The predicted octanol–water partition coefficient (Wildman–Crippen LogP) is 2.61. The number of halogens is 2. The summed E-state index contributed by atoms with van der Waals surface area (Å²) in [5.41, 5.74) is 1.32. The van der Waals surface area contributed by atoms with E-state index in [1.54, 1.807) is 23.2 Å². The summed E-state index contributed by atoms with van der Waals surface area (Å²) in [4.78, 5) is 15.9. The third-order valence-corrected chi connectivity index (χ3v) is 4.06. The van der Waals surface area contributed by atoms with E-state index in [1.165, 1.54) is 6.07 Å². The van der Waals surface area contributed by atoms with E-state index in [4.69, 9.17) is 0 Å². The number of nitrogens with one attached hydrogen (secondary N) is 1.